The second-order valence-corrected chi connectivity index (χ2v) is 6.33. The van der Waals surface area contributed by atoms with Gasteiger partial charge in [-0.1, -0.05) is 19.9 Å². The van der Waals surface area contributed by atoms with E-state index in [1.165, 1.54) is 11.3 Å². The summed E-state index contributed by atoms with van der Waals surface area (Å²) in [5.74, 6) is 0.306. The molecule has 0 aliphatic carbocycles. The molecule has 0 amide bonds. The minimum Gasteiger partial charge on any atom is -0.391 e. The molecule has 0 spiro atoms. The number of aliphatic hydroxyl groups is 1. The fourth-order valence-corrected chi connectivity index (χ4v) is 3.19. The number of hydrogen-bond acceptors (Lipinski definition) is 4. The smallest absolute Gasteiger partial charge is 0.0911 e. The minimum atomic E-state index is -1.07. The number of hydrogen-bond donors (Lipinski definition) is 2. The number of rotatable bonds is 6. The van der Waals surface area contributed by atoms with Crippen molar-refractivity contribution in [2.75, 3.05) is 12.3 Å². The molecule has 0 bridgehead atoms. The highest BCUT2D eigenvalue weighted by atomic mass is 32.2. The van der Waals surface area contributed by atoms with Crippen molar-refractivity contribution in [3.63, 3.8) is 0 Å². The standard InChI is InChI=1S/C10H17NO2S2/c1-8(2)11-6-9(12)7-15(13)10-4-3-5-14-10/h3-5,8-9,11-12H,6-7H2,1-2H3. The first-order valence-electron chi connectivity index (χ1n) is 4.93. The van der Waals surface area contributed by atoms with Crippen LogP contribution in [0.3, 0.4) is 0 Å². The Morgan fingerprint density at radius 3 is 2.87 bits per heavy atom. The van der Waals surface area contributed by atoms with Gasteiger partial charge in [0.15, 0.2) is 0 Å². The van der Waals surface area contributed by atoms with Crippen molar-refractivity contribution < 1.29 is 9.32 Å². The summed E-state index contributed by atoms with van der Waals surface area (Å²) in [5, 5.41) is 14.6. The van der Waals surface area contributed by atoms with Crippen LogP contribution in [0.5, 0.6) is 0 Å². The maximum Gasteiger partial charge on any atom is 0.0911 e. The fourth-order valence-electron chi connectivity index (χ4n) is 1.08. The topological polar surface area (TPSA) is 49.3 Å². The highest BCUT2D eigenvalue weighted by molar-refractivity contribution is 7.87. The highest BCUT2D eigenvalue weighted by Crippen LogP contribution is 2.14. The summed E-state index contributed by atoms with van der Waals surface area (Å²) in [6, 6.07) is 4.05. The quantitative estimate of drug-likeness (QED) is 0.794. The van der Waals surface area contributed by atoms with Crippen LogP contribution in [0.2, 0.25) is 0 Å². The molecule has 1 aromatic heterocycles. The molecule has 1 heterocycles. The Morgan fingerprint density at radius 1 is 1.60 bits per heavy atom. The molecule has 5 heteroatoms. The van der Waals surface area contributed by atoms with Gasteiger partial charge in [-0.05, 0) is 11.4 Å². The van der Waals surface area contributed by atoms with E-state index in [0.29, 0.717) is 18.3 Å². The molecule has 0 fully saturated rings. The Balaban J connectivity index is 2.32. The Hall–Kier alpha value is -0.230. The Morgan fingerprint density at radius 2 is 2.33 bits per heavy atom. The van der Waals surface area contributed by atoms with Crippen molar-refractivity contribution in [1.82, 2.24) is 5.32 Å². The van der Waals surface area contributed by atoms with Gasteiger partial charge in [0, 0.05) is 12.6 Å². The molecule has 2 unspecified atom stereocenters. The molecule has 86 valence electrons. The zero-order chi connectivity index (χ0) is 11.3. The predicted octanol–water partition coefficient (Wildman–Crippen LogP) is 1.21. The third-order valence-corrected chi connectivity index (χ3v) is 4.61. The molecule has 0 aliphatic heterocycles. The van der Waals surface area contributed by atoms with E-state index in [1.807, 2.05) is 31.4 Å². The molecule has 1 aromatic rings. The van der Waals surface area contributed by atoms with Crippen LogP contribution in [-0.2, 0) is 10.8 Å². The molecule has 15 heavy (non-hydrogen) atoms. The zero-order valence-corrected chi connectivity index (χ0v) is 10.6. The van der Waals surface area contributed by atoms with Crippen molar-refractivity contribution in [3.05, 3.63) is 17.5 Å². The van der Waals surface area contributed by atoms with Gasteiger partial charge in [-0.25, -0.2) is 0 Å². The summed E-state index contributed by atoms with van der Waals surface area (Å²) in [6.07, 6.45) is -0.546. The molecule has 0 aliphatic rings. The zero-order valence-electron chi connectivity index (χ0n) is 8.97. The van der Waals surface area contributed by atoms with E-state index >= 15 is 0 Å². The summed E-state index contributed by atoms with van der Waals surface area (Å²) in [5.41, 5.74) is 0. The second-order valence-electron chi connectivity index (χ2n) is 3.66. The van der Waals surface area contributed by atoms with E-state index in [1.54, 1.807) is 0 Å². The van der Waals surface area contributed by atoms with Gasteiger partial charge in [-0.15, -0.1) is 11.3 Å². The summed E-state index contributed by atoms with van der Waals surface area (Å²) in [7, 11) is -1.07. The van der Waals surface area contributed by atoms with Crippen molar-refractivity contribution in [2.45, 2.75) is 30.2 Å². The van der Waals surface area contributed by atoms with E-state index in [2.05, 4.69) is 5.32 Å². The molecule has 0 saturated carbocycles. The van der Waals surface area contributed by atoms with Gasteiger partial charge >= 0.3 is 0 Å². The number of thiophene rings is 1. The van der Waals surface area contributed by atoms with Crippen LogP contribution < -0.4 is 5.32 Å². The van der Waals surface area contributed by atoms with E-state index in [9.17, 15) is 9.32 Å². The molecular formula is C10H17NO2S2. The molecule has 0 saturated heterocycles. The first kappa shape index (κ1) is 12.8. The summed E-state index contributed by atoms with van der Waals surface area (Å²) < 4.78 is 12.5. The summed E-state index contributed by atoms with van der Waals surface area (Å²) >= 11 is 1.47. The van der Waals surface area contributed by atoms with Gasteiger partial charge in [-0.3, -0.25) is 4.21 Å². The number of nitrogens with one attached hydrogen (secondary N) is 1. The van der Waals surface area contributed by atoms with Crippen molar-refractivity contribution in [2.24, 2.45) is 0 Å². The first-order chi connectivity index (χ1) is 7.09. The van der Waals surface area contributed by atoms with Gasteiger partial charge in [0.2, 0.25) is 0 Å². The van der Waals surface area contributed by atoms with Gasteiger partial charge in [0.25, 0.3) is 0 Å². The van der Waals surface area contributed by atoms with Crippen LogP contribution in [0.4, 0.5) is 0 Å². The maximum atomic E-state index is 11.7. The monoisotopic (exact) mass is 247 g/mol. The van der Waals surface area contributed by atoms with Gasteiger partial charge < -0.3 is 10.4 Å². The molecule has 2 N–H and O–H groups in total. The lowest BCUT2D eigenvalue weighted by molar-refractivity contribution is 0.191. The number of aliphatic hydroxyl groups excluding tert-OH is 1. The molecule has 2 atom stereocenters. The van der Waals surface area contributed by atoms with E-state index in [0.717, 1.165) is 4.21 Å². The fraction of sp³-hybridized carbons (Fsp3) is 0.600. The SMILES string of the molecule is CC(C)NCC(O)CS(=O)c1cccs1. The molecule has 3 nitrogen and oxygen atoms in total. The van der Waals surface area contributed by atoms with Crippen LogP contribution in [0, 0.1) is 0 Å². The Bertz CT molecular complexity index is 298. The van der Waals surface area contributed by atoms with E-state index in [4.69, 9.17) is 0 Å². The molecule has 0 aromatic carbocycles. The molecule has 0 radical (unpaired) electrons. The van der Waals surface area contributed by atoms with Gasteiger partial charge in [0.05, 0.1) is 26.9 Å². The van der Waals surface area contributed by atoms with Gasteiger partial charge in [0.1, 0.15) is 0 Å². The minimum absolute atomic E-state index is 0.306. The third-order valence-electron chi connectivity index (χ3n) is 1.82. The lowest BCUT2D eigenvalue weighted by atomic mass is 10.3. The largest absolute Gasteiger partial charge is 0.391 e. The predicted molar refractivity (Wildman–Crippen MR) is 64.7 cm³/mol. The molecular weight excluding hydrogens is 230 g/mol. The third kappa shape index (κ3) is 4.88. The van der Waals surface area contributed by atoms with Crippen LogP contribution in [0.1, 0.15) is 13.8 Å². The van der Waals surface area contributed by atoms with Gasteiger partial charge in [-0.2, -0.15) is 0 Å². The lowest BCUT2D eigenvalue weighted by Gasteiger charge is -2.13. The summed E-state index contributed by atoms with van der Waals surface area (Å²) in [6.45, 7) is 4.53. The van der Waals surface area contributed by atoms with Crippen LogP contribution in [-0.4, -0.2) is 33.8 Å². The maximum absolute atomic E-state index is 11.7. The Labute approximate surface area is 97.0 Å². The van der Waals surface area contributed by atoms with Crippen molar-refractivity contribution >= 4 is 22.1 Å². The van der Waals surface area contributed by atoms with Crippen molar-refractivity contribution in [1.29, 1.82) is 0 Å². The van der Waals surface area contributed by atoms with E-state index < -0.39 is 16.9 Å². The normalized spacial score (nSPS) is 15.5. The average Bonchev–Trinajstić information content (AvgIpc) is 2.67. The van der Waals surface area contributed by atoms with Crippen LogP contribution in [0.25, 0.3) is 0 Å². The first-order valence-corrected chi connectivity index (χ1v) is 7.12. The average molecular weight is 247 g/mol. The van der Waals surface area contributed by atoms with Crippen LogP contribution in [0.15, 0.2) is 21.7 Å². The van der Waals surface area contributed by atoms with Crippen LogP contribution >= 0.6 is 11.3 Å². The van der Waals surface area contributed by atoms with E-state index in [-0.39, 0.29) is 0 Å². The molecule has 1 rings (SSSR count). The highest BCUT2D eigenvalue weighted by Gasteiger charge is 2.12. The lowest BCUT2D eigenvalue weighted by Crippen LogP contribution is -2.34. The summed E-state index contributed by atoms with van der Waals surface area (Å²) in [4.78, 5) is 0. The second kappa shape index (κ2) is 6.37. The Kier molecular flexibility index (Phi) is 5.45. The van der Waals surface area contributed by atoms with Crippen molar-refractivity contribution in [3.8, 4) is 0 Å².